The summed E-state index contributed by atoms with van der Waals surface area (Å²) in [5.41, 5.74) is -0.129. The second kappa shape index (κ2) is 5.84. The van der Waals surface area contributed by atoms with E-state index in [1.165, 1.54) is 19.2 Å². The smallest absolute Gasteiger partial charge is 0.267 e. The van der Waals surface area contributed by atoms with Crippen molar-refractivity contribution in [1.29, 1.82) is 0 Å². The summed E-state index contributed by atoms with van der Waals surface area (Å²) in [5.74, 6) is 0.728. The second-order valence-corrected chi connectivity index (χ2v) is 5.57. The van der Waals surface area contributed by atoms with Crippen LogP contribution < -0.4 is 15.8 Å². The normalized spacial score (nSPS) is 23.9. The van der Waals surface area contributed by atoms with Crippen LogP contribution in [-0.2, 0) is 0 Å². The SMILES string of the molecule is CNC1CCC(N(C)c2nc[nH]c(=O)c2Br)CC1. The highest BCUT2D eigenvalue weighted by Gasteiger charge is 2.25. The van der Waals surface area contributed by atoms with Crippen molar-refractivity contribution in [3.05, 3.63) is 21.2 Å². The molecule has 18 heavy (non-hydrogen) atoms. The summed E-state index contributed by atoms with van der Waals surface area (Å²) in [6.07, 6.45) is 6.06. The van der Waals surface area contributed by atoms with Crippen LogP contribution in [0.3, 0.4) is 0 Å². The fraction of sp³-hybridized carbons (Fsp3) is 0.667. The Hall–Kier alpha value is -0.880. The van der Waals surface area contributed by atoms with Crippen LogP contribution in [0.4, 0.5) is 5.82 Å². The first-order valence-electron chi connectivity index (χ1n) is 6.26. The maximum absolute atomic E-state index is 11.5. The number of H-pyrrole nitrogens is 1. The third kappa shape index (κ3) is 2.75. The highest BCUT2D eigenvalue weighted by Crippen LogP contribution is 2.27. The minimum atomic E-state index is -0.129. The number of halogens is 1. The standard InChI is InChI=1S/C12H19BrN4O/c1-14-8-3-5-9(6-4-8)17(2)11-10(13)12(18)16-7-15-11/h7-9,14H,3-6H2,1-2H3,(H,15,16,18). The van der Waals surface area contributed by atoms with E-state index in [0.717, 1.165) is 18.7 Å². The molecule has 0 unspecified atom stereocenters. The molecule has 0 saturated heterocycles. The van der Waals surface area contributed by atoms with Gasteiger partial charge in [-0.1, -0.05) is 0 Å². The van der Waals surface area contributed by atoms with Crippen molar-refractivity contribution in [1.82, 2.24) is 15.3 Å². The van der Waals surface area contributed by atoms with Crippen LogP contribution in [0.1, 0.15) is 25.7 Å². The Labute approximate surface area is 115 Å². The molecule has 1 saturated carbocycles. The van der Waals surface area contributed by atoms with Crippen molar-refractivity contribution in [2.75, 3.05) is 19.0 Å². The van der Waals surface area contributed by atoms with Crippen molar-refractivity contribution < 1.29 is 0 Å². The summed E-state index contributed by atoms with van der Waals surface area (Å²) < 4.78 is 0.517. The quantitative estimate of drug-likeness (QED) is 0.887. The summed E-state index contributed by atoms with van der Waals surface area (Å²) in [4.78, 5) is 20.5. The van der Waals surface area contributed by atoms with Crippen molar-refractivity contribution in [3.63, 3.8) is 0 Å². The van der Waals surface area contributed by atoms with Gasteiger partial charge in [-0.15, -0.1) is 0 Å². The summed E-state index contributed by atoms with van der Waals surface area (Å²) in [5, 5.41) is 3.33. The molecule has 1 fully saturated rings. The van der Waals surface area contributed by atoms with E-state index in [1.807, 2.05) is 14.1 Å². The molecule has 0 atom stereocenters. The van der Waals surface area contributed by atoms with Crippen molar-refractivity contribution >= 4 is 21.7 Å². The average Bonchev–Trinajstić information content (AvgIpc) is 2.41. The Bertz CT molecular complexity index is 454. The molecule has 1 aliphatic carbocycles. The van der Waals surface area contributed by atoms with Gasteiger partial charge in [0.2, 0.25) is 0 Å². The molecule has 1 aliphatic rings. The third-order valence-corrected chi connectivity index (χ3v) is 4.48. The van der Waals surface area contributed by atoms with E-state index in [2.05, 4.69) is 36.1 Å². The van der Waals surface area contributed by atoms with Gasteiger partial charge in [0, 0.05) is 19.1 Å². The van der Waals surface area contributed by atoms with Crippen LogP contribution in [0.15, 0.2) is 15.6 Å². The summed E-state index contributed by atoms with van der Waals surface area (Å²) in [7, 11) is 4.03. The molecule has 1 aromatic heterocycles. The number of aromatic amines is 1. The number of nitrogens with one attached hydrogen (secondary N) is 2. The molecule has 2 rings (SSSR count). The Morgan fingerprint density at radius 3 is 2.72 bits per heavy atom. The highest BCUT2D eigenvalue weighted by molar-refractivity contribution is 9.10. The van der Waals surface area contributed by atoms with Crippen LogP contribution in [0, 0.1) is 0 Å². The molecular formula is C12H19BrN4O. The molecule has 1 heterocycles. The first kappa shape index (κ1) is 13.5. The third-order valence-electron chi connectivity index (χ3n) is 3.76. The molecule has 0 spiro atoms. The van der Waals surface area contributed by atoms with Gasteiger partial charge in [0.05, 0.1) is 6.33 Å². The summed E-state index contributed by atoms with van der Waals surface area (Å²) in [6, 6.07) is 1.09. The predicted molar refractivity (Wildman–Crippen MR) is 76.1 cm³/mol. The lowest BCUT2D eigenvalue weighted by Crippen LogP contribution is -2.40. The summed E-state index contributed by atoms with van der Waals surface area (Å²) >= 11 is 3.31. The number of rotatable bonds is 3. The van der Waals surface area contributed by atoms with Crippen LogP contribution >= 0.6 is 15.9 Å². The average molecular weight is 315 g/mol. The maximum Gasteiger partial charge on any atom is 0.267 e. The topological polar surface area (TPSA) is 61.0 Å². The van der Waals surface area contributed by atoms with Crippen LogP contribution in [0.5, 0.6) is 0 Å². The number of nitrogens with zero attached hydrogens (tertiary/aromatic N) is 2. The number of hydrogen-bond acceptors (Lipinski definition) is 4. The van der Waals surface area contributed by atoms with E-state index in [4.69, 9.17) is 0 Å². The van der Waals surface area contributed by atoms with Crippen molar-refractivity contribution in [3.8, 4) is 0 Å². The fourth-order valence-electron chi connectivity index (χ4n) is 2.54. The molecule has 0 aromatic carbocycles. The predicted octanol–water partition coefficient (Wildman–Crippen LogP) is 1.50. The van der Waals surface area contributed by atoms with E-state index in [0.29, 0.717) is 16.6 Å². The Morgan fingerprint density at radius 2 is 2.11 bits per heavy atom. The maximum atomic E-state index is 11.5. The van der Waals surface area contributed by atoms with E-state index in [9.17, 15) is 4.79 Å². The molecule has 2 N–H and O–H groups in total. The highest BCUT2D eigenvalue weighted by atomic mass is 79.9. The molecule has 0 amide bonds. The Morgan fingerprint density at radius 1 is 1.44 bits per heavy atom. The van der Waals surface area contributed by atoms with Crippen LogP contribution in [0.25, 0.3) is 0 Å². The zero-order chi connectivity index (χ0) is 13.1. The van der Waals surface area contributed by atoms with E-state index < -0.39 is 0 Å². The van der Waals surface area contributed by atoms with Crippen molar-refractivity contribution in [2.24, 2.45) is 0 Å². The molecule has 1 aromatic rings. The van der Waals surface area contributed by atoms with Gasteiger partial charge in [0.25, 0.3) is 5.56 Å². The van der Waals surface area contributed by atoms with Gasteiger partial charge in [-0.2, -0.15) is 0 Å². The molecule has 6 heteroatoms. The van der Waals surface area contributed by atoms with Crippen LogP contribution in [-0.4, -0.2) is 36.1 Å². The monoisotopic (exact) mass is 314 g/mol. The molecule has 100 valence electrons. The molecule has 0 aliphatic heterocycles. The summed E-state index contributed by atoms with van der Waals surface area (Å²) in [6.45, 7) is 0. The van der Waals surface area contributed by atoms with Crippen LogP contribution in [0.2, 0.25) is 0 Å². The van der Waals surface area contributed by atoms with Gasteiger partial charge in [-0.25, -0.2) is 4.98 Å². The Kier molecular flexibility index (Phi) is 4.40. The minimum Gasteiger partial charge on any atom is -0.356 e. The largest absolute Gasteiger partial charge is 0.356 e. The molecule has 0 radical (unpaired) electrons. The molecule has 5 nitrogen and oxygen atoms in total. The van der Waals surface area contributed by atoms with Gasteiger partial charge in [-0.3, -0.25) is 4.79 Å². The number of aromatic nitrogens is 2. The molecular weight excluding hydrogens is 296 g/mol. The van der Waals surface area contributed by atoms with Gasteiger partial charge in [0.1, 0.15) is 10.3 Å². The van der Waals surface area contributed by atoms with E-state index in [1.54, 1.807) is 0 Å². The van der Waals surface area contributed by atoms with Crippen molar-refractivity contribution in [2.45, 2.75) is 37.8 Å². The zero-order valence-corrected chi connectivity index (χ0v) is 12.3. The van der Waals surface area contributed by atoms with E-state index >= 15 is 0 Å². The van der Waals surface area contributed by atoms with Gasteiger partial charge in [-0.05, 0) is 48.7 Å². The fourth-order valence-corrected chi connectivity index (χ4v) is 3.04. The second-order valence-electron chi connectivity index (χ2n) is 4.77. The first-order valence-corrected chi connectivity index (χ1v) is 7.06. The van der Waals surface area contributed by atoms with Gasteiger partial charge < -0.3 is 15.2 Å². The van der Waals surface area contributed by atoms with Gasteiger partial charge in [0.15, 0.2) is 0 Å². The van der Waals surface area contributed by atoms with Gasteiger partial charge >= 0.3 is 0 Å². The zero-order valence-electron chi connectivity index (χ0n) is 10.7. The lowest BCUT2D eigenvalue weighted by molar-refractivity contribution is 0.350. The molecule has 0 bridgehead atoms. The first-order chi connectivity index (χ1) is 8.63. The number of anilines is 1. The lowest BCUT2D eigenvalue weighted by atomic mass is 9.90. The minimum absolute atomic E-state index is 0.129. The number of hydrogen-bond donors (Lipinski definition) is 2. The van der Waals surface area contributed by atoms with E-state index in [-0.39, 0.29) is 5.56 Å². The Balaban J connectivity index is 2.10. The lowest BCUT2D eigenvalue weighted by Gasteiger charge is -2.35.